The number of allylic oxidation sites excluding steroid dienone is 2. The van der Waals surface area contributed by atoms with E-state index in [1.54, 1.807) is 12.3 Å². The Morgan fingerprint density at radius 1 is 1.46 bits per heavy atom. The van der Waals surface area contributed by atoms with Crippen LogP contribution in [0.5, 0.6) is 0 Å². The fourth-order valence-electron chi connectivity index (χ4n) is 2.62. The maximum atomic E-state index is 14.0. The molecule has 1 amide bonds. The number of anilines is 1. The summed E-state index contributed by atoms with van der Waals surface area (Å²) in [6.07, 6.45) is 7.20. The fraction of sp³-hybridized carbons (Fsp3) is 0.316. The first kappa shape index (κ1) is 19.7. The molecule has 2 aromatic rings. The van der Waals surface area contributed by atoms with Crippen molar-refractivity contribution in [3.63, 3.8) is 0 Å². The SMILES string of the molecule is C=C1/C=C(F)\C=C/COC[C@H](CO)NC(=O)c2cnn3ccc(nc23)N[C@@H]1C. The van der Waals surface area contributed by atoms with Crippen LogP contribution in [-0.2, 0) is 4.74 Å². The molecule has 0 radical (unpaired) electrons. The minimum Gasteiger partial charge on any atom is -0.394 e. The van der Waals surface area contributed by atoms with Gasteiger partial charge in [-0.3, -0.25) is 4.79 Å². The van der Waals surface area contributed by atoms with Crippen LogP contribution in [-0.4, -0.2) is 57.5 Å². The highest BCUT2D eigenvalue weighted by atomic mass is 19.1. The molecule has 0 saturated carbocycles. The zero-order valence-corrected chi connectivity index (χ0v) is 15.4. The van der Waals surface area contributed by atoms with Crippen molar-refractivity contribution in [1.82, 2.24) is 19.9 Å². The molecule has 1 aliphatic heterocycles. The zero-order valence-electron chi connectivity index (χ0n) is 15.4. The van der Waals surface area contributed by atoms with E-state index in [-0.39, 0.29) is 31.4 Å². The van der Waals surface area contributed by atoms with Crippen molar-refractivity contribution in [3.05, 3.63) is 60.2 Å². The summed E-state index contributed by atoms with van der Waals surface area (Å²) < 4.78 is 20.9. The molecule has 3 N–H and O–H groups in total. The van der Waals surface area contributed by atoms with E-state index < -0.39 is 17.8 Å². The lowest BCUT2D eigenvalue weighted by atomic mass is 10.1. The molecular weight excluding hydrogens is 365 g/mol. The minimum atomic E-state index is -0.618. The van der Waals surface area contributed by atoms with Gasteiger partial charge >= 0.3 is 0 Å². The Labute approximate surface area is 161 Å². The summed E-state index contributed by atoms with van der Waals surface area (Å²) in [4.78, 5) is 17.0. The van der Waals surface area contributed by atoms with Crippen LogP contribution in [0.1, 0.15) is 17.3 Å². The summed E-state index contributed by atoms with van der Waals surface area (Å²) in [5, 5.41) is 19.4. The third-order valence-electron chi connectivity index (χ3n) is 4.22. The highest BCUT2D eigenvalue weighted by Crippen LogP contribution is 2.16. The number of hydrogen-bond acceptors (Lipinski definition) is 6. The summed E-state index contributed by atoms with van der Waals surface area (Å²) in [6.45, 7) is 5.61. The van der Waals surface area contributed by atoms with Gasteiger partial charge in [0, 0.05) is 12.2 Å². The second-order valence-corrected chi connectivity index (χ2v) is 6.40. The average molecular weight is 387 g/mol. The largest absolute Gasteiger partial charge is 0.394 e. The van der Waals surface area contributed by atoms with Gasteiger partial charge in [0.1, 0.15) is 17.2 Å². The van der Waals surface area contributed by atoms with Gasteiger partial charge in [0.15, 0.2) is 5.65 Å². The van der Waals surface area contributed by atoms with E-state index in [9.17, 15) is 14.3 Å². The van der Waals surface area contributed by atoms with Crippen molar-refractivity contribution in [2.75, 3.05) is 25.1 Å². The first-order chi connectivity index (χ1) is 13.5. The number of aromatic nitrogens is 3. The molecular formula is C19H22FN5O3. The molecule has 0 saturated heterocycles. The predicted molar refractivity (Wildman–Crippen MR) is 103 cm³/mol. The first-order valence-corrected chi connectivity index (χ1v) is 8.81. The Kier molecular flexibility index (Phi) is 6.17. The number of halogens is 1. The van der Waals surface area contributed by atoms with Crippen molar-refractivity contribution in [3.8, 4) is 0 Å². The third-order valence-corrected chi connectivity index (χ3v) is 4.22. The molecule has 3 rings (SSSR count). The van der Waals surface area contributed by atoms with Gasteiger partial charge in [-0.25, -0.2) is 13.9 Å². The fourth-order valence-corrected chi connectivity index (χ4v) is 2.62. The van der Waals surface area contributed by atoms with Crippen molar-refractivity contribution >= 4 is 17.4 Å². The van der Waals surface area contributed by atoms with Crippen molar-refractivity contribution in [1.29, 1.82) is 0 Å². The topological polar surface area (TPSA) is 101 Å². The number of nitrogens with zero attached hydrogens (tertiary/aromatic N) is 3. The maximum absolute atomic E-state index is 14.0. The van der Waals surface area contributed by atoms with Gasteiger partial charge in [-0.05, 0) is 30.7 Å². The van der Waals surface area contributed by atoms with Crippen molar-refractivity contribution in [2.45, 2.75) is 19.0 Å². The number of rotatable bonds is 1. The number of carbonyl (C=O) groups is 1. The molecule has 0 spiro atoms. The predicted octanol–water partition coefficient (Wildman–Crippen LogP) is 1.62. The molecule has 2 bridgehead atoms. The molecule has 8 nitrogen and oxygen atoms in total. The molecule has 2 atom stereocenters. The number of amides is 1. The molecule has 1 aliphatic rings. The van der Waals surface area contributed by atoms with Gasteiger partial charge in [0.2, 0.25) is 0 Å². The second kappa shape index (κ2) is 8.77. The van der Waals surface area contributed by atoms with E-state index in [2.05, 4.69) is 27.3 Å². The minimum absolute atomic E-state index is 0.0705. The van der Waals surface area contributed by atoms with Gasteiger partial charge in [-0.1, -0.05) is 12.7 Å². The highest BCUT2D eigenvalue weighted by Gasteiger charge is 2.19. The number of fused-ring (bicyclic) bond motifs is 1. The number of ether oxygens (including phenoxy) is 1. The van der Waals surface area contributed by atoms with Crippen LogP contribution in [0, 0.1) is 0 Å². The van der Waals surface area contributed by atoms with E-state index in [0.717, 1.165) is 0 Å². The molecule has 0 aromatic carbocycles. The summed E-state index contributed by atoms with van der Waals surface area (Å²) in [5.74, 6) is -0.390. The highest BCUT2D eigenvalue weighted by molar-refractivity contribution is 5.99. The van der Waals surface area contributed by atoms with E-state index in [1.165, 1.54) is 28.9 Å². The van der Waals surface area contributed by atoms with Gasteiger partial charge in [-0.2, -0.15) is 5.10 Å². The van der Waals surface area contributed by atoms with Gasteiger partial charge < -0.3 is 20.5 Å². The summed E-state index contributed by atoms with van der Waals surface area (Å²) in [7, 11) is 0. The Morgan fingerprint density at radius 3 is 3.07 bits per heavy atom. The number of aliphatic hydroxyl groups excluding tert-OH is 1. The maximum Gasteiger partial charge on any atom is 0.257 e. The van der Waals surface area contributed by atoms with Crippen LogP contribution in [0.15, 0.2) is 54.7 Å². The molecule has 9 heteroatoms. The van der Waals surface area contributed by atoms with Crippen LogP contribution in [0.3, 0.4) is 0 Å². The van der Waals surface area contributed by atoms with Crippen LogP contribution in [0.4, 0.5) is 10.2 Å². The zero-order chi connectivity index (χ0) is 20.1. The molecule has 148 valence electrons. The van der Waals surface area contributed by atoms with Gasteiger partial charge in [0.25, 0.3) is 5.91 Å². The standard InChI is InChI=1S/C19H22FN5O3/c1-12-8-14(20)4-3-7-28-11-15(10-26)23-19(27)16-9-21-25-6-5-17(22-13(12)2)24-18(16)25/h3-6,8-9,13,15,26H,1,7,10-11H2,2H3,(H,22,24)(H,23,27)/b4-3-,14-8+/t13-,15+/m1/s1. The third kappa shape index (κ3) is 4.62. The average Bonchev–Trinajstić information content (AvgIpc) is 3.09. The molecule has 28 heavy (non-hydrogen) atoms. The number of hydrogen-bond donors (Lipinski definition) is 3. The molecule has 3 heterocycles. The van der Waals surface area contributed by atoms with Crippen LogP contribution in [0.25, 0.3) is 5.65 Å². The lowest BCUT2D eigenvalue weighted by Crippen LogP contribution is -2.40. The second-order valence-electron chi connectivity index (χ2n) is 6.40. The summed E-state index contributed by atoms with van der Waals surface area (Å²) in [6, 6.07) is 0.789. The quantitative estimate of drug-likeness (QED) is 0.688. The van der Waals surface area contributed by atoms with E-state index in [0.29, 0.717) is 17.0 Å². The Bertz CT molecular complexity index is 937. The normalized spacial score (nSPS) is 24.9. The molecule has 0 unspecified atom stereocenters. The van der Waals surface area contributed by atoms with Crippen LogP contribution >= 0.6 is 0 Å². The lowest BCUT2D eigenvalue weighted by molar-refractivity contribution is 0.0796. The Hall–Kier alpha value is -3.04. The lowest BCUT2D eigenvalue weighted by Gasteiger charge is -2.16. The van der Waals surface area contributed by atoms with Crippen molar-refractivity contribution in [2.24, 2.45) is 0 Å². The van der Waals surface area contributed by atoms with Crippen LogP contribution < -0.4 is 10.6 Å². The molecule has 2 aromatic heterocycles. The smallest absolute Gasteiger partial charge is 0.257 e. The van der Waals surface area contributed by atoms with E-state index in [4.69, 9.17) is 4.74 Å². The number of carbonyl (C=O) groups excluding carboxylic acids is 1. The Balaban J connectivity index is 1.96. The molecule has 0 fully saturated rings. The van der Waals surface area contributed by atoms with Gasteiger partial charge in [-0.15, -0.1) is 0 Å². The number of nitrogens with one attached hydrogen (secondary N) is 2. The number of aliphatic hydroxyl groups is 1. The monoisotopic (exact) mass is 387 g/mol. The van der Waals surface area contributed by atoms with E-state index in [1.807, 2.05) is 6.92 Å². The Morgan fingerprint density at radius 2 is 2.29 bits per heavy atom. The van der Waals surface area contributed by atoms with Crippen molar-refractivity contribution < 1.29 is 19.0 Å². The van der Waals surface area contributed by atoms with Crippen LogP contribution in [0.2, 0.25) is 0 Å². The first-order valence-electron chi connectivity index (χ1n) is 8.81. The molecule has 0 aliphatic carbocycles. The van der Waals surface area contributed by atoms with E-state index >= 15 is 0 Å². The summed E-state index contributed by atoms with van der Waals surface area (Å²) in [5.41, 5.74) is 1.15. The summed E-state index contributed by atoms with van der Waals surface area (Å²) >= 11 is 0. The van der Waals surface area contributed by atoms with Gasteiger partial charge in [0.05, 0.1) is 32.1 Å².